The van der Waals surface area contributed by atoms with Crippen LogP contribution < -0.4 is 0 Å². The molecule has 29 heavy (non-hydrogen) atoms. The molecule has 0 bridgehead atoms. The molecule has 0 aliphatic heterocycles. The summed E-state index contributed by atoms with van der Waals surface area (Å²) in [6.45, 7) is 5.77. The van der Waals surface area contributed by atoms with Crippen LogP contribution in [-0.2, 0) is 0 Å². The molecule has 7 atom stereocenters. The molecule has 0 aromatic rings. The molecule has 0 unspecified atom stereocenters. The van der Waals surface area contributed by atoms with E-state index in [0.717, 1.165) is 37.0 Å². The van der Waals surface area contributed by atoms with Gasteiger partial charge in [0.05, 0.1) is 18.4 Å². The predicted molar refractivity (Wildman–Crippen MR) is 108 cm³/mol. The van der Waals surface area contributed by atoms with Crippen LogP contribution in [-0.4, -0.2) is 55.5 Å². The fraction of sp³-hybridized carbons (Fsp3) is 0.818. The van der Waals surface area contributed by atoms with Crippen LogP contribution in [0.3, 0.4) is 0 Å². The van der Waals surface area contributed by atoms with Gasteiger partial charge >= 0.3 is 0 Å². The number of aliphatic hydroxyl groups is 3. The summed E-state index contributed by atoms with van der Waals surface area (Å²) in [5, 5.41) is 58.1. The minimum atomic E-state index is -1.40. The van der Waals surface area contributed by atoms with Gasteiger partial charge in [0.2, 0.25) is 0 Å². The third-order valence-electron chi connectivity index (χ3n) is 9.39. The SMILES string of the molecule is CC1=C2CC[C@@H]3[C@H]([C@@H](O)C[C@@]4(C)[C@H]3CC[C@]4(O)/C(CO)=N/O)[C@@]2(C)CCC1=NO. The number of hydrogen-bond donors (Lipinski definition) is 5. The van der Waals surface area contributed by atoms with Crippen molar-refractivity contribution < 1.29 is 25.7 Å². The Labute approximate surface area is 171 Å². The standard InChI is InChI=1S/C22H34N2O5/c1-12-14-5-4-13-15-6-9-22(27,18(11-25)24-29)21(15,3)10-17(26)19(13)20(14,2)8-7-16(12)23-28/h13,15,17,19,25-29H,4-11H2,1-3H3/b23-16?,24-18+/t13-,15-,17-,19+,20-,21-,22-/m0/s1. The first-order valence-electron chi connectivity index (χ1n) is 10.8. The van der Waals surface area contributed by atoms with E-state index in [1.165, 1.54) is 5.57 Å². The maximum atomic E-state index is 11.5. The van der Waals surface area contributed by atoms with Crippen LogP contribution in [0.1, 0.15) is 65.7 Å². The molecule has 5 N–H and O–H groups in total. The third-order valence-corrected chi connectivity index (χ3v) is 9.39. The molecular weight excluding hydrogens is 372 g/mol. The minimum Gasteiger partial charge on any atom is -0.411 e. The lowest BCUT2D eigenvalue weighted by atomic mass is 9.45. The zero-order chi connectivity index (χ0) is 21.2. The summed E-state index contributed by atoms with van der Waals surface area (Å²) in [5.41, 5.74) is 0.953. The molecule has 0 radical (unpaired) electrons. The quantitative estimate of drug-likeness (QED) is 0.274. The second-order valence-corrected chi connectivity index (χ2v) is 10.2. The maximum absolute atomic E-state index is 11.5. The van der Waals surface area contributed by atoms with Gasteiger partial charge in [-0.2, -0.15) is 0 Å². The largest absolute Gasteiger partial charge is 0.411 e. The monoisotopic (exact) mass is 406 g/mol. The number of fused-ring (bicyclic) bond motifs is 5. The Morgan fingerprint density at radius 3 is 2.48 bits per heavy atom. The highest BCUT2D eigenvalue weighted by molar-refractivity contribution is 6.01. The summed E-state index contributed by atoms with van der Waals surface area (Å²) in [5.74, 6) is 0.534. The van der Waals surface area contributed by atoms with E-state index in [9.17, 15) is 25.7 Å². The van der Waals surface area contributed by atoms with Crippen LogP contribution in [0, 0.1) is 28.6 Å². The molecule has 7 nitrogen and oxygen atoms in total. The maximum Gasteiger partial charge on any atom is 0.114 e. The summed E-state index contributed by atoms with van der Waals surface area (Å²) in [7, 11) is 0. The first-order valence-corrected chi connectivity index (χ1v) is 10.8. The Morgan fingerprint density at radius 1 is 1.14 bits per heavy atom. The highest BCUT2D eigenvalue weighted by Gasteiger charge is 2.67. The Hall–Kier alpha value is -1.44. The number of aliphatic hydroxyl groups excluding tert-OH is 2. The van der Waals surface area contributed by atoms with Gasteiger partial charge in [-0.15, -0.1) is 0 Å². The molecule has 0 saturated heterocycles. The van der Waals surface area contributed by atoms with E-state index in [-0.39, 0.29) is 28.9 Å². The fourth-order valence-corrected chi connectivity index (χ4v) is 7.97. The van der Waals surface area contributed by atoms with Crippen LogP contribution in [0.15, 0.2) is 21.5 Å². The van der Waals surface area contributed by atoms with Crippen molar-refractivity contribution in [1.82, 2.24) is 0 Å². The van der Waals surface area contributed by atoms with Crippen LogP contribution in [0.5, 0.6) is 0 Å². The van der Waals surface area contributed by atoms with Crippen molar-refractivity contribution in [1.29, 1.82) is 0 Å². The van der Waals surface area contributed by atoms with Gasteiger partial charge in [0.15, 0.2) is 0 Å². The lowest BCUT2D eigenvalue weighted by molar-refractivity contribution is -0.152. The van der Waals surface area contributed by atoms with Crippen LogP contribution in [0.25, 0.3) is 0 Å². The summed E-state index contributed by atoms with van der Waals surface area (Å²) >= 11 is 0. The van der Waals surface area contributed by atoms with Crippen LogP contribution in [0.2, 0.25) is 0 Å². The topological polar surface area (TPSA) is 126 Å². The Balaban J connectivity index is 1.76. The van der Waals surface area contributed by atoms with E-state index in [1.807, 2.05) is 13.8 Å². The number of allylic oxidation sites excluding steroid dienone is 2. The van der Waals surface area contributed by atoms with Gasteiger partial charge in [0.25, 0.3) is 0 Å². The van der Waals surface area contributed by atoms with Crippen LogP contribution >= 0.6 is 0 Å². The van der Waals surface area contributed by atoms with Gasteiger partial charge in [0, 0.05) is 5.41 Å². The van der Waals surface area contributed by atoms with Crippen molar-refractivity contribution in [3.63, 3.8) is 0 Å². The van der Waals surface area contributed by atoms with Gasteiger partial charge in [0.1, 0.15) is 11.3 Å². The number of nitrogens with zero attached hydrogens (tertiary/aromatic N) is 2. The molecule has 4 aliphatic carbocycles. The average molecular weight is 407 g/mol. The lowest BCUT2D eigenvalue weighted by Crippen LogP contribution is -2.62. The van der Waals surface area contributed by atoms with Gasteiger partial charge in [-0.3, -0.25) is 0 Å². The Bertz CT molecular complexity index is 792. The molecule has 0 aromatic carbocycles. The lowest BCUT2D eigenvalue weighted by Gasteiger charge is -2.61. The molecule has 4 aliphatic rings. The van der Waals surface area contributed by atoms with E-state index >= 15 is 0 Å². The highest BCUT2D eigenvalue weighted by atomic mass is 16.4. The van der Waals surface area contributed by atoms with Crippen molar-refractivity contribution in [2.75, 3.05) is 6.61 Å². The summed E-state index contributed by atoms with van der Waals surface area (Å²) in [4.78, 5) is 0. The molecule has 0 heterocycles. The second kappa shape index (κ2) is 6.79. The van der Waals surface area contributed by atoms with Crippen molar-refractivity contribution in [3.05, 3.63) is 11.1 Å². The van der Waals surface area contributed by atoms with Gasteiger partial charge in [-0.1, -0.05) is 29.7 Å². The van der Waals surface area contributed by atoms with Crippen molar-refractivity contribution in [2.45, 2.75) is 77.4 Å². The van der Waals surface area contributed by atoms with Gasteiger partial charge < -0.3 is 25.7 Å². The van der Waals surface area contributed by atoms with Crippen molar-refractivity contribution in [3.8, 4) is 0 Å². The first kappa shape index (κ1) is 20.8. The zero-order valence-corrected chi connectivity index (χ0v) is 17.6. The summed E-state index contributed by atoms with van der Waals surface area (Å²) in [6, 6.07) is 0. The molecule has 0 aromatic heterocycles. The van der Waals surface area contributed by atoms with E-state index in [0.29, 0.717) is 19.3 Å². The van der Waals surface area contributed by atoms with E-state index in [1.54, 1.807) is 0 Å². The van der Waals surface area contributed by atoms with E-state index in [2.05, 4.69) is 17.2 Å². The summed E-state index contributed by atoms with van der Waals surface area (Å²) in [6.07, 6.45) is 4.43. The Morgan fingerprint density at radius 2 is 1.86 bits per heavy atom. The number of rotatable bonds is 2. The zero-order valence-electron chi connectivity index (χ0n) is 17.6. The molecule has 7 heteroatoms. The molecule has 4 rings (SSSR count). The minimum absolute atomic E-state index is 0.00747. The molecule has 0 spiro atoms. The molecule has 162 valence electrons. The third kappa shape index (κ3) is 2.53. The average Bonchev–Trinajstić information content (AvgIpc) is 2.94. The highest BCUT2D eigenvalue weighted by Crippen LogP contribution is 2.68. The van der Waals surface area contributed by atoms with Crippen LogP contribution in [0.4, 0.5) is 0 Å². The van der Waals surface area contributed by atoms with Crippen molar-refractivity contribution >= 4 is 11.4 Å². The van der Waals surface area contributed by atoms with Crippen molar-refractivity contribution in [2.24, 2.45) is 38.9 Å². The summed E-state index contributed by atoms with van der Waals surface area (Å²) < 4.78 is 0. The molecule has 3 saturated carbocycles. The molecular formula is C22H34N2O5. The van der Waals surface area contributed by atoms with E-state index in [4.69, 9.17) is 0 Å². The normalized spacial score (nSPS) is 49.0. The number of oxime groups is 2. The fourth-order valence-electron chi connectivity index (χ4n) is 7.97. The predicted octanol–water partition coefficient (Wildman–Crippen LogP) is 2.69. The molecule has 0 amide bonds. The second-order valence-electron chi connectivity index (χ2n) is 10.2. The first-order chi connectivity index (χ1) is 13.7. The van der Waals surface area contributed by atoms with Gasteiger partial charge in [-0.25, -0.2) is 0 Å². The van der Waals surface area contributed by atoms with Gasteiger partial charge in [-0.05, 0) is 80.6 Å². The number of hydrogen-bond acceptors (Lipinski definition) is 7. The van der Waals surface area contributed by atoms with E-state index < -0.39 is 23.7 Å². The molecule has 3 fully saturated rings. The smallest absolute Gasteiger partial charge is 0.114 e. The Kier molecular flexibility index (Phi) is 4.87.